The minimum atomic E-state index is -1.38. The number of hydrogen-bond donors (Lipinski definition) is 4. The van der Waals surface area contributed by atoms with Gasteiger partial charge in [0.05, 0.1) is 17.1 Å². The number of carboxylic acids is 1. The second-order valence-electron chi connectivity index (χ2n) is 8.24. The molecule has 0 aliphatic heterocycles. The van der Waals surface area contributed by atoms with Crippen molar-refractivity contribution in [1.82, 2.24) is 0 Å². The number of nitrogens with one attached hydrogen (secondary N) is 3. The zero-order valence-corrected chi connectivity index (χ0v) is 19.4. The maximum absolute atomic E-state index is 14.2. The van der Waals surface area contributed by atoms with E-state index >= 15 is 0 Å². The highest BCUT2D eigenvalue weighted by Crippen LogP contribution is 2.32. The lowest BCUT2D eigenvalue weighted by Gasteiger charge is -2.19. The van der Waals surface area contributed by atoms with Crippen LogP contribution in [0.25, 0.3) is 22.3 Å². The Labute approximate surface area is 200 Å². The summed E-state index contributed by atoms with van der Waals surface area (Å²) in [4.78, 5) is 24.7. The van der Waals surface area contributed by atoms with Crippen LogP contribution in [0.15, 0.2) is 63.8 Å². The number of fused-ring (bicyclic) bond motifs is 1. The molecule has 4 rings (SSSR count). The van der Waals surface area contributed by atoms with Crippen LogP contribution in [0.3, 0.4) is 0 Å². The highest BCUT2D eigenvalue weighted by atomic mass is 19.1. The van der Waals surface area contributed by atoms with Gasteiger partial charge in [-0.15, -0.1) is 0 Å². The third-order valence-electron chi connectivity index (χ3n) is 5.83. The number of halogens is 1. The van der Waals surface area contributed by atoms with Crippen LogP contribution in [0, 0.1) is 18.2 Å². The summed E-state index contributed by atoms with van der Waals surface area (Å²) >= 11 is 0. The van der Waals surface area contributed by atoms with E-state index in [-0.39, 0.29) is 11.1 Å². The summed E-state index contributed by atoms with van der Waals surface area (Å²) in [5.74, 6) is -1.87. The van der Waals surface area contributed by atoms with E-state index in [2.05, 4.69) is 10.6 Å². The number of aromatic carboxylic acids is 1. The number of aryl methyl sites for hydroxylation is 1. The van der Waals surface area contributed by atoms with E-state index in [0.29, 0.717) is 39.1 Å². The molecule has 0 saturated heterocycles. The van der Waals surface area contributed by atoms with Crippen molar-refractivity contribution in [2.45, 2.75) is 19.9 Å². The van der Waals surface area contributed by atoms with E-state index in [1.54, 1.807) is 38.2 Å². The van der Waals surface area contributed by atoms with Gasteiger partial charge in [0, 0.05) is 41.7 Å². The molecule has 1 unspecified atom stereocenters. The van der Waals surface area contributed by atoms with Crippen LogP contribution >= 0.6 is 0 Å². The van der Waals surface area contributed by atoms with Crippen LogP contribution in [0.5, 0.6) is 0 Å². The van der Waals surface area contributed by atoms with Gasteiger partial charge < -0.3 is 25.6 Å². The van der Waals surface area contributed by atoms with Gasteiger partial charge in [0.2, 0.25) is 0 Å². The molecular formula is C27H24FN3O4. The molecule has 0 fully saturated rings. The fourth-order valence-corrected chi connectivity index (χ4v) is 4.12. The first-order valence-electron chi connectivity index (χ1n) is 10.9. The zero-order chi connectivity index (χ0) is 25.3. The summed E-state index contributed by atoms with van der Waals surface area (Å²) < 4.78 is 20.4. The second kappa shape index (κ2) is 9.42. The van der Waals surface area contributed by atoms with Crippen molar-refractivity contribution in [3.05, 3.63) is 92.9 Å². The van der Waals surface area contributed by atoms with Gasteiger partial charge in [-0.2, -0.15) is 0 Å². The van der Waals surface area contributed by atoms with Gasteiger partial charge in [-0.25, -0.2) is 9.18 Å². The summed E-state index contributed by atoms with van der Waals surface area (Å²) in [6.45, 7) is 3.64. The number of anilines is 2. The fraction of sp³-hybridized carbons (Fsp3) is 0.148. The van der Waals surface area contributed by atoms with Gasteiger partial charge in [0.25, 0.3) is 0 Å². The Balaban J connectivity index is 1.86. The third kappa shape index (κ3) is 4.50. The number of rotatable bonds is 7. The topological polar surface area (TPSA) is 115 Å². The molecule has 8 heteroatoms. The minimum absolute atomic E-state index is 0.124. The molecule has 0 bridgehead atoms. The first-order chi connectivity index (χ1) is 16.7. The summed E-state index contributed by atoms with van der Waals surface area (Å²) in [7, 11) is 1.74. The van der Waals surface area contributed by atoms with Crippen LogP contribution in [-0.2, 0) is 0 Å². The molecule has 35 heavy (non-hydrogen) atoms. The number of hydrogen-bond acceptors (Lipinski definition) is 6. The minimum Gasteiger partial charge on any atom is -0.478 e. The van der Waals surface area contributed by atoms with Crippen LogP contribution in [0.1, 0.15) is 40.0 Å². The van der Waals surface area contributed by atoms with Crippen molar-refractivity contribution in [2.75, 3.05) is 17.7 Å². The molecule has 178 valence electrons. The number of benzene rings is 3. The Hall–Kier alpha value is -4.46. The Morgan fingerprint density at radius 2 is 1.91 bits per heavy atom. The lowest BCUT2D eigenvalue weighted by molar-refractivity contribution is 0.0693. The molecule has 7 nitrogen and oxygen atoms in total. The lowest BCUT2D eigenvalue weighted by Crippen LogP contribution is -2.13. The van der Waals surface area contributed by atoms with Gasteiger partial charge in [0.15, 0.2) is 5.43 Å². The molecule has 0 aliphatic carbocycles. The van der Waals surface area contributed by atoms with Crippen LogP contribution in [0.4, 0.5) is 15.8 Å². The lowest BCUT2D eigenvalue weighted by atomic mass is 10.00. The molecular weight excluding hydrogens is 449 g/mol. The molecule has 0 amide bonds. The molecule has 4 N–H and O–H groups in total. The Morgan fingerprint density at radius 3 is 2.60 bits per heavy atom. The standard InChI is InChI=1S/C27H24FN3O4/c1-14-9-18(15(2)31-21-6-4-5-20(28)25(21)27(33)34)26-19(10-14)23(32)12-24(35-26)16-7-8-17(13-29)22(11-16)30-3/h4-13,15,29-31H,1-3H3,(H,33,34). The van der Waals surface area contributed by atoms with E-state index in [0.717, 1.165) is 11.6 Å². The van der Waals surface area contributed by atoms with Crippen LogP contribution < -0.4 is 16.1 Å². The van der Waals surface area contributed by atoms with E-state index in [1.807, 2.05) is 13.0 Å². The van der Waals surface area contributed by atoms with Crippen molar-refractivity contribution in [3.63, 3.8) is 0 Å². The molecule has 1 aromatic heterocycles. The second-order valence-corrected chi connectivity index (χ2v) is 8.24. The Morgan fingerprint density at radius 1 is 1.14 bits per heavy atom. The zero-order valence-electron chi connectivity index (χ0n) is 19.4. The summed E-state index contributed by atoms with van der Waals surface area (Å²) in [5.41, 5.74) is 3.32. The summed E-state index contributed by atoms with van der Waals surface area (Å²) in [6, 6.07) is 13.9. The Bertz CT molecular complexity index is 1530. The largest absolute Gasteiger partial charge is 0.478 e. The number of carbonyl (C=O) groups is 1. The van der Waals surface area contributed by atoms with Crippen molar-refractivity contribution >= 4 is 34.5 Å². The number of carboxylic acid groups (broad SMARTS) is 1. The van der Waals surface area contributed by atoms with Gasteiger partial charge in [-0.1, -0.05) is 24.3 Å². The van der Waals surface area contributed by atoms with Crippen LogP contribution in [-0.4, -0.2) is 24.3 Å². The molecule has 4 aromatic rings. The fourth-order valence-electron chi connectivity index (χ4n) is 4.12. The first kappa shape index (κ1) is 23.7. The van der Waals surface area contributed by atoms with Crippen molar-refractivity contribution < 1.29 is 18.7 Å². The van der Waals surface area contributed by atoms with Gasteiger partial charge in [-0.3, -0.25) is 4.79 Å². The van der Waals surface area contributed by atoms with Gasteiger partial charge in [0.1, 0.15) is 22.7 Å². The SMILES string of the molecule is CNc1cc(-c2cc(=O)c3cc(C)cc(C(C)Nc4cccc(F)c4C(=O)O)c3o2)ccc1C=N. The smallest absolute Gasteiger partial charge is 0.340 e. The van der Waals surface area contributed by atoms with Crippen LogP contribution in [0.2, 0.25) is 0 Å². The summed E-state index contributed by atoms with van der Waals surface area (Å²) in [6.07, 6.45) is 1.23. The van der Waals surface area contributed by atoms with E-state index in [9.17, 15) is 19.1 Å². The monoisotopic (exact) mass is 473 g/mol. The molecule has 0 spiro atoms. The molecule has 1 atom stereocenters. The van der Waals surface area contributed by atoms with Crippen molar-refractivity contribution in [2.24, 2.45) is 0 Å². The van der Waals surface area contributed by atoms with Gasteiger partial charge >= 0.3 is 5.97 Å². The maximum atomic E-state index is 14.2. The van der Waals surface area contributed by atoms with E-state index in [1.165, 1.54) is 24.4 Å². The normalized spacial score (nSPS) is 11.8. The molecule has 0 radical (unpaired) electrons. The molecule has 0 aliphatic rings. The first-order valence-corrected chi connectivity index (χ1v) is 10.9. The average molecular weight is 474 g/mol. The van der Waals surface area contributed by atoms with Gasteiger partial charge in [-0.05, 0) is 43.7 Å². The third-order valence-corrected chi connectivity index (χ3v) is 5.83. The molecule has 3 aromatic carbocycles. The van der Waals surface area contributed by atoms with Crippen molar-refractivity contribution in [1.29, 1.82) is 5.41 Å². The molecule has 1 heterocycles. The van der Waals surface area contributed by atoms with Crippen molar-refractivity contribution in [3.8, 4) is 11.3 Å². The average Bonchev–Trinajstić information content (AvgIpc) is 2.83. The maximum Gasteiger partial charge on any atom is 0.340 e. The van der Waals surface area contributed by atoms with E-state index < -0.39 is 23.4 Å². The van der Waals surface area contributed by atoms with E-state index in [4.69, 9.17) is 9.83 Å². The predicted molar refractivity (Wildman–Crippen MR) is 135 cm³/mol. The highest BCUT2D eigenvalue weighted by molar-refractivity contribution is 5.95. The highest BCUT2D eigenvalue weighted by Gasteiger charge is 2.20. The quantitative estimate of drug-likeness (QED) is 0.252. The summed E-state index contributed by atoms with van der Waals surface area (Å²) in [5, 5.41) is 23.5. The predicted octanol–water partition coefficient (Wildman–Crippen LogP) is 5.82. The molecule has 0 saturated carbocycles. The Kier molecular flexibility index (Phi) is 6.38.